The van der Waals surface area contributed by atoms with Crippen LogP contribution >= 0.6 is 15.9 Å². The minimum Gasteiger partial charge on any atom is -0.335 e. The van der Waals surface area contributed by atoms with Gasteiger partial charge in [0.2, 0.25) is 0 Å². The van der Waals surface area contributed by atoms with E-state index in [1.54, 1.807) is 17.0 Å². The summed E-state index contributed by atoms with van der Waals surface area (Å²) in [6.45, 7) is 2.45. The van der Waals surface area contributed by atoms with E-state index in [-0.39, 0.29) is 11.5 Å². The summed E-state index contributed by atoms with van der Waals surface area (Å²) in [5, 5.41) is 0.725. The van der Waals surface area contributed by atoms with Crippen LogP contribution in [-0.4, -0.2) is 28.7 Å². The summed E-state index contributed by atoms with van der Waals surface area (Å²) in [5.74, 6) is -0.611. The van der Waals surface area contributed by atoms with Crippen LogP contribution in [0, 0.1) is 12.7 Å². The average molecular weight is 300 g/mol. The summed E-state index contributed by atoms with van der Waals surface area (Å²) in [6, 6.07) is 5.07. The SMILES string of the molecule is Cc1ccc(C(=O)N(CCBr)C2CC2)c(F)c1. The van der Waals surface area contributed by atoms with Gasteiger partial charge in [0.25, 0.3) is 5.91 Å². The summed E-state index contributed by atoms with van der Waals surface area (Å²) in [7, 11) is 0. The summed E-state index contributed by atoms with van der Waals surface area (Å²) in [4.78, 5) is 14.0. The van der Waals surface area contributed by atoms with Crippen molar-refractivity contribution in [3.05, 3.63) is 35.1 Å². The first kappa shape index (κ1) is 12.6. The Balaban J connectivity index is 2.22. The third kappa shape index (κ3) is 2.86. The summed E-state index contributed by atoms with van der Waals surface area (Å²) < 4.78 is 13.7. The van der Waals surface area contributed by atoms with Crippen molar-refractivity contribution in [1.82, 2.24) is 4.90 Å². The maximum atomic E-state index is 13.7. The van der Waals surface area contributed by atoms with Crippen LogP contribution in [-0.2, 0) is 0 Å². The van der Waals surface area contributed by atoms with E-state index in [2.05, 4.69) is 15.9 Å². The first-order chi connectivity index (χ1) is 8.13. The van der Waals surface area contributed by atoms with Gasteiger partial charge in [-0.1, -0.05) is 22.0 Å². The van der Waals surface area contributed by atoms with Crippen LogP contribution < -0.4 is 0 Å². The standard InChI is InChI=1S/C13H15BrFNO/c1-9-2-5-11(12(15)8-9)13(17)16(7-6-14)10-3-4-10/h2,5,8,10H,3-4,6-7H2,1H3. The Kier molecular flexibility index (Phi) is 3.82. The molecular weight excluding hydrogens is 285 g/mol. The van der Waals surface area contributed by atoms with Crippen LogP contribution in [0.3, 0.4) is 0 Å². The van der Waals surface area contributed by atoms with Crippen LogP contribution in [0.15, 0.2) is 18.2 Å². The maximum Gasteiger partial charge on any atom is 0.257 e. The molecule has 0 N–H and O–H groups in total. The highest BCUT2D eigenvalue weighted by molar-refractivity contribution is 9.09. The number of carbonyl (C=O) groups excluding carboxylic acids is 1. The van der Waals surface area contributed by atoms with Gasteiger partial charge in [0, 0.05) is 17.9 Å². The largest absolute Gasteiger partial charge is 0.335 e. The topological polar surface area (TPSA) is 20.3 Å². The molecule has 1 aliphatic rings. The van der Waals surface area contributed by atoms with Gasteiger partial charge in [0.05, 0.1) is 5.56 Å². The predicted octanol–water partition coefficient (Wildman–Crippen LogP) is 3.13. The third-order valence-corrected chi connectivity index (χ3v) is 3.28. The molecule has 2 rings (SSSR count). The minimum atomic E-state index is -0.421. The van der Waals surface area contributed by atoms with E-state index in [0.717, 1.165) is 23.7 Å². The number of rotatable bonds is 4. The number of hydrogen-bond donors (Lipinski definition) is 0. The molecule has 1 amide bonds. The Bertz CT molecular complexity index is 431. The molecule has 0 radical (unpaired) electrons. The quantitative estimate of drug-likeness (QED) is 0.782. The minimum absolute atomic E-state index is 0.184. The number of benzene rings is 1. The Morgan fingerprint density at radius 3 is 2.76 bits per heavy atom. The van der Waals surface area contributed by atoms with Gasteiger partial charge in [0.1, 0.15) is 5.82 Å². The van der Waals surface area contributed by atoms with Gasteiger partial charge in [-0.15, -0.1) is 0 Å². The van der Waals surface area contributed by atoms with E-state index < -0.39 is 5.82 Å². The van der Waals surface area contributed by atoms with Gasteiger partial charge in [0.15, 0.2) is 0 Å². The van der Waals surface area contributed by atoms with Crippen LogP contribution in [0.1, 0.15) is 28.8 Å². The molecule has 0 unspecified atom stereocenters. The van der Waals surface area contributed by atoms with E-state index in [1.165, 1.54) is 6.07 Å². The van der Waals surface area contributed by atoms with Gasteiger partial charge in [-0.05, 0) is 37.5 Å². The van der Waals surface area contributed by atoms with Gasteiger partial charge in [-0.3, -0.25) is 4.79 Å². The second kappa shape index (κ2) is 5.17. The number of carbonyl (C=O) groups is 1. The van der Waals surface area contributed by atoms with E-state index >= 15 is 0 Å². The average Bonchev–Trinajstić information content (AvgIpc) is 3.09. The van der Waals surface area contributed by atoms with E-state index in [1.807, 2.05) is 6.92 Å². The van der Waals surface area contributed by atoms with Crippen molar-refractivity contribution in [3.8, 4) is 0 Å². The highest BCUT2D eigenvalue weighted by atomic mass is 79.9. The van der Waals surface area contributed by atoms with Crippen molar-refractivity contribution in [1.29, 1.82) is 0 Å². The van der Waals surface area contributed by atoms with Crippen LogP contribution in [0.5, 0.6) is 0 Å². The zero-order valence-corrected chi connectivity index (χ0v) is 11.3. The Labute approximate surface area is 109 Å². The molecule has 1 saturated carbocycles. The molecule has 1 aliphatic carbocycles. The number of nitrogens with zero attached hydrogens (tertiary/aromatic N) is 1. The third-order valence-electron chi connectivity index (χ3n) is 2.93. The van der Waals surface area contributed by atoms with Crippen molar-refractivity contribution in [3.63, 3.8) is 0 Å². The summed E-state index contributed by atoms with van der Waals surface area (Å²) in [5.41, 5.74) is 1.01. The number of alkyl halides is 1. The summed E-state index contributed by atoms with van der Waals surface area (Å²) in [6.07, 6.45) is 2.07. The molecule has 0 saturated heterocycles. The lowest BCUT2D eigenvalue weighted by Gasteiger charge is -2.21. The first-order valence-electron chi connectivity index (χ1n) is 5.76. The van der Waals surface area contributed by atoms with Crippen molar-refractivity contribution in [2.45, 2.75) is 25.8 Å². The van der Waals surface area contributed by atoms with Crippen molar-refractivity contribution in [2.75, 3.05) is 11.9 Å². The highest BCUT2D eigenvalue weighted by Gasteiger charge is 2.33. The zero-order valence-electron chi connectivity index (χ0n) is 9.75. The van der Waals surface area contributed by atoms with E-state index in [9.17, 15) is 9.18 Å². The monoisotopic (exact) mass is 299 g/mol. The number of amides is 1. The Morgan fingerprint density at radius 2 is 2.24 bits per heavy atom. The molecule has 4 heteroatoms. The fourth-order valence-corrected chi connectivity index (χ4v) is 2.26. The smallest absolute Gasteiger partial charge is 0.257 e. The Morgan fingerprint density at radius 1 is 1.53 bits per heavy atom. The second-order valence-electron chi connectivity index (χ2n) is 4.40. The number of halogens is 2. The Hall–Kier alpha value is -0.900. The van der Waals surface area contributed by atoms with Gasteiger partial charge in [-0.25, -0.2) is 4.39 Å². The first-order valence-corrected chi connectivity index (χ1v) is 6.88. The highest BCUT2D eigenvalue weighted by Crippen LogP contribution is 2.28. The van der Waals surface area contributed by atoms with Gasteiger partial charge in [-0.2, -0.15) is 0 Å². The lowest BCUT2D eigenvalue weighted by Crippen LogP contribution is -2.35. The van der Waals surface area contributed by atoms with Gasteiger partial charge >= 0.3 is 0 Å². The molecule has 0 spiro atoms. The molecule has 17 heavy (non-hydrogen) atoms. The normalized spacial score (nSPS) is 14.8. The molecule has 0 aromatic heterocycles. The van der Waals surface area contributed by atoms with Crippen LogP contribution in [0.2, 0.25) is 0 Å². The lowest BCUT2D eigenvalue weighted by molar-refractivity contribution is 0.0750. The fraction of sp³-hybridized carbons (Fsp3) is 0.462. The summed E-state index contributed by atoms with van der Waals surface area (Å²) >= 11 is 3.33. The fourth-order valence-electron chi connectivity index (χ4n) is 1.88. The van der Waals surface area contributed by atoms with Crippen molar-refractivity contribution >= 4 is 21.8 Å². The maximum absolute atomic E-state index is 13.7. The number of hydrogen-bond acceptors (Lipinski definition) is 1. The zero-order chi connectivity index (χ0) is 12.4. The lowest BCUT2D eigenvalue weighted by atomic mass is 10.1. The molecular formula is C13H15BrFNO. The van der Waals surface area contributed by atoms with Crippen LogP contribution in [0.4, 0.5) is 4.39 Å². The molecule has 92 valence electrons. The molecule has 0 bridgehead atoms. The molecule has 0 heterocycles. The molecule has 2 nitrogen and oxygen atoms in total. The molecule has 1 fully saturated rings. The van der Waals surface area contributed by atoms with Crippen molar-refractivity contribution in [2.24, 2.45) is 0 Å². The predicted molar refractivity (Wildman–Crippen MR) is 69.0 cm³/mol. The van der Waals surface area contributed by atoms with E-state index in [4.69, 9.17) is 0 Å². The number of aryl methyl sites for hydroxylation is 1. The molecule has 0 atom stereocenters. The molecule has 0 aliphatic heterocycles. The van der Waals surface area contributed by atoms with Crippen LogP contribution in [0.25, 0.3) is 0 Å². The van der Waals surface area contributed by atoms with Crippen molar-refractivity contribution < 1.29 is 9.18 Å². The second-order valence-corrected chi connectivity index (χ2v) is 5.20. The molecule has 1 aromatic rings. The van der Waals surface area contributed by atoms with Gasteiger partial charge < -0.3 is 4.90 Å². The molecule has 1 aromatic carbocycles. The van der Waals surface area contributed by atoms with E-state index in [0.29, 0.717) is 12.6 Å².